The van der Waals surface area contributed by atoms with E-state index in [4.69, 9.17) is 5.11 Å². The van der Waals surface area contributed by atoms with E-state index in [9.17, 15) is 9.59 Å². The van der Waals surface area contributed by atoms with Crippen LogP contribution in [0.5, 0.6) is 0 Å². The molecule has 2 aliphatic rings. The third kappa shape index (κ3) is 4.29. The van der Waals surface area contributed by atoms with Crippen LogP contribution in [-0.4, -0.2) is 47.9 Å². The molecule has 1 aromatic heterocycles. The van der Waals surface area contributed by atoms with Gasteiger partial charge in [0.25, 0.3) is 0 Å². The van der Waals surface area contributed by atoms with Crippen molar-refractivity contribution in [3.8, 4) is 0 Å². The predicted molar refractivity (Wildman–Crippen MR) is 115 cm³/mol. The highest BCUT2D eigenvalue weighted by Crippen LogP contribution is 2.36. The highest BCUT2D eigenvalue weighted by Gasteiger charge is 2.32. The third-order valence-electron chi connectivity index (χ3n) is 6.26. The number of rotatable bonds is 8. The van der Waals surface area contributed by atoms with Gasteiger partial charge in [0.05, 0.1) is 10.8 Å². The summed E-state index contributed by atoms with van der Waals surface area (Å²) in [6.07, 6.45) is 3.30. The zero-order chi connectivity index (χ0) is 20.5. The lowest BCUT2D eigenvalue weighted by atomic mass is 9.99. The Balaban J connectivity index is 1.30. The van der Waals surface area contributed by atoms with Crippen LogP contribution in [0.1, 0.15) is 43.2 Å². The Hall–Kier alpha value is -2.02. The van der Waals surface area contributed by atoms with Gasteiger partial charge in [-0.3, -0.25) is 14.5 Å². The summed E-state index contributed by atoms with van der Waals surface area (Å²) in [6, 6.07) is 8.84. The molecule has 0 spiro atoms. The Morgan fingerprint density at radius 3 is 2.45 bits per heavy atom. The molecule has 2 heterocycles. The number of likely N-dealkylation sites (tertiary alicyclic amines) is 1. The molecule has 1 atom stereocenters. The van der Waals surface area contributed by atoms with E-state index in [-0.39, 0.29) is 11.7 Å². The van der Waals surface area contributed by atoms with Crippen molar-refractivity contribution in [1.82, 2.24) is 10.2 Å². The number of carbonyl (C=O) groups excluding carboxylic acids is 1. The van der Waals surface area contributed by atoms with Crippen LogP contribution in [0.3, 0.4) is 0 Å². The molecule has 0 radical (unpaired) electrons. The highest BCUT2D eigenvalue weighted by atomic mass is 32.1. The Morgan fingerprint density at radius 1 is 1.14 bits per heavy atom. The van der Waals surface area contributed by atoms with E-state index < -0.39 is 5.97 Å². The molecule has 0 saturated carbocycles. The van der Waals surface area contributed by atoms with Crippen molar-refractivity contribution in [2.45, 2.75) is 45.2 Å². The molecule has 2 N–H and O–H groups in total. The average molecular weight is 413 g/mol. The van der Waals surface area contributed by atoms with Crippen molar-refractivity contribution in [2.24, 2.45) is 5.92 Å². The second kappa shape index (κ2) is 8.38. The van der Waals surface area contributed by atoms with Gasteiger partial charge < -0.3 is 10.4 Å². The van der Waals surface area contributed by atoms with Crippen LogP contribution in [0.2, 0.25) is 0 Å². The number of Topliss-reactive ketones (excluding diaryl/α,β-unsaturated/α-hetero) is 1. The van der Waals surface area contributed by atoms with E-state index in [2.05, 4.69) is 41.4 Å². The van der Waals surface area contributed by atoms with E-state index >= 15 is 0 Å². The van der Waals surface area contributed by atoms with Crippen molar-refractivity contribution in [1.29, 1.82) is 0 Å². The first kappa shape index (κ1) is 20.3. The molecule has 1 saturated heterocycles. The molecule has 0 bridgehead atoms. The molecular weight excluding hydrogens is 384 g/mol. The number of ketones is 1. The lowest BCUT2D eigenvalue weighted by molar-refractivity contribution is -0.147. The van der Waals surface area contributed by atoms with Crippen molar-refractivity contribution in [3.05, 3.63) is 56.3 Å². The third-order valence-corrected chi connectivity index (χ3v) is 7.49. The second-order valence-corrected chi connectivity index (χ2v) is 9.53. The first-order valence-electron chi connectivity index (χ1n) is 10.3. The Labute approximate surface area is 175 Å². The summed E-state index contributed by atoms with van der Waals surface area (Å²) in [5.41, 5.74) is 5.03. The number of hydrogen-bond donors (Lipinski definition) is 2. The summed E-state index contributed by atoms with van der Waals surface area (Å²) in [6.45, 7) is 4.18. The maximum atomic E-state index is 12.9. The minimum atomic E-state index is -0.700. The number of aliphatic carboxylic acids is 1. The Kier molecular flexibility index (Phi) is 5.86. The molecule has 6 heteroatoms. The Bertz CT molecular complexity index is 913. The van der Waals surface area contributed by atoms with Gasteiger partial charge in [0.2, 0.25) is 0 Å². The number of hydrogen-bond acceptors (Lipinski definition) is 5. The van der Waals surface area contributed by atoms with Gasteiger partial charge >= 0.3 is 5.97 Å². The first-order valence-corrected chi connectivity index (χ1v) is 11.1. The van der Waals surface area contributed by atoms with E-state index in [0.29, 0.717) is 25.6 Å². The summed E-state index contributed by atoms with van der Waals surface area (Å²) >= 11 is 1.67. The molecule has 5 nitrogen and oxygen atoms in total. The van der Waals surface area contributed by atoms with Gasteiger partial charge in [-0.2, -0.15) is 0 Å². The molecule has 0 amide bonds. The van der Waals surface area contributed by atoms with Gasteiger partial charge in [-0.05, 0) is 55.5 Å². The highest BCUT2D eigenvalue weighted by molar-refractivity contribution is 7.14. The van der Waals surface area contributed by atoms with Gasteiger partial charge in [-0.1, -0.05) is 24.3 Å². The number of carbonyl (C=O) groups is 2. The lowest BCUT2D eigenvalue weighted by Crippen LogP contribution is -2.49. The van der Waals surface area contributed by atoms with Crippen LogP contribution < -0.4 is 5.32 Å². The van der Waals surface area contributed by atoms with Crippen LogP contribution >= 0.6 is 11.3 Å². The van der Waals surface area contributed by atoms with Crippen LogP contribution in [0.4, 0.5) is 0 Å². The number of nitrogens with one attached hydrogen (secondary N) is 1. The smallest absolute Gasteiger partial charge is 0.309 e. The summed E-state index contributed by atoms with van der Waals surface area (Å²) < 4.78 is 0. The van der Waals surface area contributed by atoms with Crippen molar-refractivity contribution < 1.29 is 14.7 Å². The molecule has 29 heavy (non-hydrogen) atoms. The topological polar surface area (TPSA) is 69.6 Å². The summed E-state index contributed by atoms with van der Waals surface area (Å²) in [4.78, 5) is 28.2. The molecular formula is C23H28N2O3S. The van der Waals surface area contributed by atoms with E-state index in [1.165, 1.54) is 27.1 Å². The average Bonchev–Trinajstić information content (AvgIpc) is 3.23. The monoisotopic (exact) mass is 412 g/mol. The number of likely N-dealkylation sites (N-methyl/N-ethyl adjacent to an activating group) is 1. The van der Waals surface area contributed by atoms with E-state index in [0.717, 1.165) is 30.7 Å². The molecule has 1 aliphatic carbocycles. The molecule has 154 valence electrons. The minimum Gasteiger partial charge on any atom is -0.481 e. The van der Waals surface area contributed by atoms with E-state index in [1.54, 1.807) is 11.3 Å². The molecule has 1 aromatic carbocycles. The molecule has 0 unspecified atom stereocenters. The fourth-order valence-corrected chi connectivity index (χ4v) is 5.58. The quantitative estimate of drug-likeness (QED) is 0.652. The van der Waals surface area contributed by atoms with Crippen LogP contribution in [0.15, 0.2) is 24.3 Å². The van der Waals surface area contributed by atoms with Crippen molar-refractivity contribution in [2.75, 3.05) is 20.1 Å². The number of carboxylic acids is 1. The van der Waals surface area contributed by atoms with Gasteiger partial charge in [0.15, 0.2) is 5.78 Å². The number of carboxylic acid groups (broad SMARTS) is 1. The normalized spacial score (nSPS) is 19.2. The van der Waals surface area contributed by atoms with Gasteiger partial charge in [0.1, 0.15) is 0 Å². The lowest BCUT2D eigenvalue weighted by Gasteiger charge is -2.36. The number of thiophene rings is 1. The zero-order valence-corrected chi connectivity index (χ0v) is 17.8. The van der Waals surface area contributed by atoms with Crippen LogP contribution in [-0.2, 0) is 30.6 Å². The zero-order valence-electron chi connectivity index (χ0n) is 17.0. The number of aryl methyl sites for hydroxylation is 2. The number of benzene rings is 1. The van der Waals surface area contributed by atoms with Crippen molar-refractivity contribution >= 4 is 23.1 Å². The predicted octanol–water partition coefficient (Wildman–Crippen LogP) is 3.08. The summed E-state index contributed by atoms with van der Waals surface area (Å²) in [5, 5.41) is 12.3. The maximum absolute atomic E-state index is 12.9. The SMILES string of the molecule is CN[C@H]1Cc2c(C)sc(C(=O)CCc3ccc(CN4CC(C(=O)O)C4)cc3)c2C1. The van der Waals surface area contributed by atoms with Crippen molar-refractivity contribution in [3.63, 3.8) is 0 Å². The minimum absolute atomic E-state index is 0.217. The standard InChI is InChI=1S/C23H28N2O3S/c1-14-19-9-18(24-2)10-20(19)22(29-14)21(26)8-7-15-3-5-16(6-4-15)11-25-12-17(13-25)23(27)28/h3-6,17-18,24H,7-13H2,1-2H3,(H,27,28)/t18-/m0/s1. The molecule has 1 aliphatic heterocycles. The second-order valence-electron chi connectivity index (χ2n) is 8.31. The van der Waals surface area contributed by atoms with Crippen LogP contribution in [0, 0.1) is 12.8 Å². The number of fused-ring (bicyclic) bond motifs is 1. The summed E-state index contributed by atoms with van der Waals surface area (Å²) in [5.74, 6) is -0.652. The van der Waals surface area contributed by atoms with Crippen LogP contribution in [0.25, 0.3) is 0 Å². The fraction of sp³-hybridized carbons (Fsp3) is 0.478. The molecule has 1 fully saturated rings. The summed E-state index contributed by atoms with van der Waals surface area (Å²) in [7, 11) is 1.99. The molecule has 4 rings (SSSR count). The Morgan fingerprint density at radius 2 is 1.79 bits per heavy atom. The van der Waals surface area contributed by atoms with Gasteiger partial charge in [0, 0.05) is 37.0 Å². The maximum Gasteiger partial charge on any atom is 0.309 e. The fourth-order valence-electron chi connectivity index (χ4n) is 4.40. The largest absolute Gasteiger partial charge is 0.481 e. The van der Waals surface area contributed by atoms with Gasteiger partial charge in [-0.25, -0.2) is 0 Å². The first-order chi connectivity index (χ1) is 13.9. The van der Waals surface area contributed by atoms with Gasteiger partial charge in [-0.15, -0.1) is 11.3 Å². The molecule has 2 aromatic rings. The van der Waals surface area contributed by atoms with E-state index in [1.807, 2.05) is 7.05 Å². The number of nitrogens with zero attached hydrogens (tertiary/aromatic N) is 1.